The number of carbonyl (C=O) groups is 2. The number of ether oxygens (including phenoxy) is 3. The van der Waals surface area contributed by atoms with Crippen LogP contribution in [0.4, 0.5) is 0 Å². The third-order valence-electron chi connectivity index (χ3n) is 11.5. The molecule has 0 N–H and O–H groups in total. The molecule has 0 spiro atoms. The Labute approximate surface area is 362 Å². The number of esters is 2. The van der Waals surface area contributed by atoms with Crippen LogP contribution in [0.1, 0.15) is 278 Å². The zero-order valence-corrected chi connectivity index (χ0v) is 39.3. The Kier molecular flexibility index (Phi) is 48.4. The van der Waals surface area contributed by atoms with Gasteiger partial charge in [-0.1, -0.05) is 238 Å². The first-order valence-corrected chi connectivity index (χ1v) is 25.9. The van der Waals surface area contributed by atoms with E-state index in [9.17, 15) is 9.59 Å². The first-order chi connectivity index (χ1) is 28.6. The maximum Gasteiger partial charge on any atom is 0.306 e. The van der Waals surface area contributed by atoms with Gasteiger partial charge in [0.25, 0.3) is 0 Å². The third kappa shape index (κ3) is 47.1. The van der Waals surface area contributed by atoms with Gasteiger partial charge in [-0.25, -0.2) is 0 Å². The lowest BCUT2D eigenvalue weighted by Gasteiger charge is -2.18. The molecule has 5 heteroatoms. The lowest BCUT2D eigenvalue weighted by Crippen LogP contribution is -2.30. The second-order valence-corrected chi connectivity index (χ2v) is 17.4. The number of hydrogen-bond acceptors (Lipinski definition) is 5. The molecule has 0 bridgehead atoms. The third-order valence-corrected chi connectivity index (χ3v) is 11.5. The molecule has 0 saturated heterocycles. The summed E-state index contributed by atoms with van der Waals surface area (Å²) in [5.41, 5.74) is 0. The van der Waals surface area contributed by atoms with Gasteiger partial charge < -0.3 is 14.2 Å². The SMILES string of the molecule is CCCCC/C=C\C/C=C\CCCCCCCCCCCCOCC(COC(=O)CCCCCCCCCCCCC)OC(=O)CCCCCCCCCCCCC. The van der Waals surface area contributed by atoms with Crippen molar-refractivity contribution in [3.05, 3.63) is 24.3 Å². The summed E-state index contributed by atoms with van der Waals surface area (Å²) < 4.78 is 17.4. The molecule has 0 aromatic rings. The number of carbonyl (C=O) groups excluding carboxylic acids is 2. The summed E-state index contributed by atoms with van der Waals surface area (Å²) in [5.74, 6) is -0.384. The Morgan fingerprint density at radius 1 is 0.379 bits per heavy atom. The Bertz CT molecular complexity index is 882. The minimum absolute atomic E-state index is 0.0917. The Morgan fingerprint density at radius 2 is 0.724 bits per heavy atom. The van der Waals surface area contributed by atoms with E-state index in [1.165, 1.54) is 199 Å². The monoisotopic (exact) mass is 817 g/mol. The molecule has 0 rings (SSSR count). The van der Waals surface area contributed by atoms with Crippen LogP contribution in [0.15, 0.2) is 24.3 Å². The van der Waals surface area contributed by atoms with E-state index >= 15 is 0 Å². The van der Waals surface area contributed by atoms with E-state index in [0.29, 0.717) is 26.1 Å². The van der Waals surface area contributed by atoms with Crippen LogP contribution in [0.3, 0.4) is 0 Å². The molecule has 0 saturated carbocycles. The van der Waals surface area contributed by atoms with Gasteiger partial charge in [-0.3, -0.25) is 9.59 Å². The molecule has 342 valence electrons. The Morgan fingerprint density at radius 3 is 1.17 bits per heavy atom. The van der Waals surface area contributed by atoms with E-state index < -0.39 is 6.10 Å². The van der Waals surface area contributed by atoms with Crippen LogP contribution in [0.5, 0.6) is 0 Å². The van der Waals surface area contributed by atoms with Crippen molar-refractivity contribution in [1.82, 2.24) is 0 Å². The Hall–Kier alpha value is -1.62. The normalized spacial score (nSPS) is 12.3. The smallest absolute Gasteiger partial charge is 0.306 e. The maximum atomic E-state index is 12.7. The molecule has 0 aliphatic heterocycles. The predicted molar refractivity (Wildman–Crippen MR) is 252 cm³/mol. The minimum atomic E-state index is -0.528. The largest absolute Gasteiger partial charge is 0.462 e. The highest BCUT2D eigenvalue weighted by molar-refractivity contribution is 5.70. The van der Waals surface area contributed by atoms with Crippen molar-refractivity contribution in [2.24, 2.45) is 0 Å². The van der Waals surface area contributed by atoms with Crippen molar-refractivity contribution >= 4 is 11.9 Å². The summed E-state index contributed by atoms with van der Waals surface area (Å²) in [7, 11) is 0. The molecule has 0 fully saturated rings. The summed E-state index contributed by atoms with van der Waals surface area (Å²) in [4.78, 5) is 25.3. The van der Waals surface area contributed by atoms with Crippen LogP contribution in [-0.4, -0.2) is 37.9 Å². The van der Waals surface area contributed by atoms with Crippen molar-refractivity contribution in [2.75, 3.05) is 19.8 Å². The summed E-state index contributed by atoms with van der Waals surface area (Å²) in [6.45, 7) is 7.83. The fourth-order valence-electron chi connectivity index (χ4n) is 7.60. The molecule has 0 aromatic heterocycles. The van der Waals surface area contributed by atoms with E-state index in [1.807, 2.05) is 0 Å². The lowest BCUT2D eigenvalue weighted by atomic mass is 10.1. The van der Waals surface area contributed by atoms with Gasteiger partial charge in [0, 0.05) is 19.4 Å². The number of hydrogen-bond donors (Lipinski definition) is 0. The van der Waals surface area contributed by atoms with E-state index in [-0.39, 0.29) is 18.5 Å². The van der Waals surface area contributed by atoms with Crippen LogP contribution < -0.4 is 0 Å². The van der Waals surface area contributed by atoms with Crippen molar-refractivity contribution in [3.8, 4) is 0 Å². The lowest BCUT2D eigenvalue weighted by molar-refractivity contribution is -0.163. The van der Waals surface area contributed by atoms with Crippen LogP contribution in [0.25, 0.3) is 0 Å². The second kappa shape index (κ2) is 49.7. The van der Waals surface area contributed by atoms with Crippen LogP contribution in [-0.2, 0) is 23.8 Å². The fraction of sp³-hybridized carbons (Fsp3) is 0.887. The zero-order chi connectivity index (χ0) is 42.1. The van der Waals surface area contributed by atoms with Gasteiger partial charge in [-0.15, -0.1) is 0 Å². The fourth-order valence-corrected chi connectivity index (χ4v) is 7.60. The molecular weight excluding hydrogens is 717 g/mol. The molecular formula is C53H100O5. The highest BCUT2D eigenvalue weighted by Gasteiger charge is 2.17. The first-order valence-electron chi connectivity index (χ1n) is 25.9. The highest BCUT2D eigenvalue weighted by Crippen LogP contribution is 2.15. The summed E-state index contributed by atoms with van der Waals surface area (Å²) in [5, 5.41) is 0. The molecule has 0 radical (unpaired) electrons. The molecule has 0 amide bonds. The minimum Gasteiger partial charge on any atom is -0.462 e. The quantitative estimate of drug-likeness (QED) is 0.0348. The van der Waals surface area contributed by atoms with Gasteiger partial charge in [-0.2, -0.15) is 0 Å². The van der Waals surface area contributed by atoms with Crippen LogP contribution >= 0.6 is 0 Å². The van der Waals surface area contributed by atoms with Gasteiger partial charge in [0.05, 0.1) is 6.61 Å². The summed E-state index contributed by atoms with van der Waals surface area (Å²) >= 11 is 0. The van der Waals surface area contributed by atoms with Crippen molar-refractivity contribution in [2.45, 2.75) is 284 Å². The molecule has 1 atom stereocenters. The first kappa shape index (κ1) is 56.4. The highest BCUT2D eigenvalue weighted by atomic mass is 16.6. The average Bonchev–Trinajstić information content (AvgIpc) is 3.22. The van der Waals surface area contributed by atoms with Gasteiger partial charge in [0.15, 0.2) is 6.10 Å². The van der Waals surface area contributed by atoms with E-state index in [2.05, 4.69) is 45.1 Å². The van der Waals surface area contributed by atoms with E-state index in [1.54, 1.807) is 0 Å². The standard InChI is InChI=1S/C53H100O5/c1-4-7-10-13-16-19-22-23-24-25-26-27-28-29-30-33-36-39-42-45-48-56-49-51(58-53(55)47-44-41-38-35-32-21-18-15-12-9-6-3)50-57-52(54)46-43-40-37-34-31-20-17-14-11-8-5-2/h16,19,23-24,51H,4-15,17-18,20-22,25-50H2,1-3H3/b19-16-,24-23-. The maximum absolute atomic E-state index is 12.7. The number of unbranched alkanes of at least 4 members (excludes halogenated alkanes) is 33. The topological polar surface area (TPSA) is 61.8 Å². The van der Waals surface area contributed by atoms with Gasteiger partial charge >= 0.3 is 11.9 Å². The molecule has 5 nitrogen and oxygen atoms in total. The van der Waals surface area contributed by atoms with Crippen molar-refractivity contribution in [1.29, 1.82) is 0 Å². The van der Waals surface area contributed by atoms with E-state index in [0.717, 1.165) is 44.9 Å². The molecule has 0 aliphatic rings. The second-order valence-electron chi connectivity index (χ2n) is 17.4. The van der Waals surface area contributed by atoms with Crippen molar-refractivity contribution < 1.29 is 23.8 Å². The zero-order valence-electron chi connectivity index (χ0n) is 39.3. The Balaban J connectivity index is 4.15. The molecule has 58 heavy (non-hydrogen) atoms. The molecule has 0 aromatic carbocycles. The van der Waals surface area contributed by atoms with Crippen LogP contribution in [0.2, 0.25) is 0 Å². The molecule has 0 heterocycles. The van der Waals surface area contributed by atoms with Gasteiger partial charge in [-0.05, 0) is 51.4 Å². The van der Waals surface area contributed by atoms with Crippen LogP contribution in [0, 0.1) is 0 Å². The summed E-state index contributed by atoms with van der Waals surface area (Å²) in [6.07, 6.45) is 57.5. The predicted octanol–water partition coefficient (Wildman–Crippen LogP) is 17.2. The van der Waals surface area contributed by atoms with Gasteiger partial charge in [0.1, 0.15) is 6.61 Å². The summed E-state index contributed by atoms with van der Waals surface area (Å²) in [6, 6.07) is 0. The number of rotatable bonds is 48. The van der Waals surface area contributed by atoms with Gasteiger partial charge in [0.2, 0.25) is 0 Å². The average molecular weight is 817 g/mol. The molecule has 0 aliphatic carbocycles. The van der Waals surface area contributed by atoms with Crippen molar-refractivity contribution in [3.63, 3.8) is 0 Å². The number of allylic oxidation sites excluding steroid dienone is 4. The van der Waals surface area contributed by atoms with E-state index in [4.69, 9.17) is 14.2 Å². The molecule has 1 unspecified atom stereocenters.